The number of esters is 1. The molecule has 1 amide bonds. The second-order valence-electron chi connectivity index (χ2n) is 6.47. The highest BCUT2D eigenvalue weighted by Gasteiger charge is 2.30. The van der Waals surface area contributed by atoms with Gasteiger partial charge in [0.15, 0.2) is 11.8 Å². The second-order valence-corrected chi connectivity index (χ2v) is 6.47. The first-order valence-electron chi connectivity index (χ1n) is 8.18. The van der Waals surface area contributed by atoms with Gasteiger partial charge in [-0.25, -0.2) is 9.78 Å². The molecule has 0 saturated heterocycles. The smallest absolute Gasteiger partial charge is 0.359 e. The highest BCUT2D eigenvalue weighted by atomic mass is 16.5. The number of hydrogen-bond donors (Lipinski definition) is 1. The highest BCUT2D eigenvalue weighted by molar-refractivity contribution is 5.90. The van der Waals surface area contributed by atoms with E-state index in [-0.39, 0.29) is 17.6 Å². The standard InChI is InChI=1S/C17H25N3O3/c1-10-6-5-7-14(12(10)3)20-16(21)13(4)23-17(22)15-9-18-11(2)8-19-15/h8-10,12-14H,5-7H2,1-4H3,(H,20,21). The Bertz CT molecular complexity index is 559. The summed E-state index contributed by atoms with van der Waals surface area (Å²) in [6.07, 6.45) is 5.28. The van der Waals surface area contributed by atoms with Gasteiger partial charge in [0.25, 0.3) is 5.91 Å². The third-order valence-corrected chi connectivity index (χ3v) is 4.68. The molecule has 1 aromatic rings. The Hall–Kier alpha value is -1.98. The summed E-state index contributed by atoms with van der Waals surface area (Å²) in [5.41, 5.74) is 0.822. The topological polar surface area (TPSA) is 81.2 Å². The summed E-state index contributed by atoms with van der Waals surface area (Å²) in [6.45, 7) is 7.73. The van der Waals surface area contributed by atoms with Gasteiger partial charge in [0.2, 0.25) is 0 Å². The first-order chi connectivity index (χ1) is 10.9. The van der Waals surface area contributed by atoms with E-state index in [4.69, 9.17) is 4.74 Å². The summed E-state index contributed by atoms with van der Waals surface area (Å²) in [6, 6.07) is 0.145. The van der Waals surface area contributed by atoms with Gasteiger partial charge in [0.05, 0.1) is 11.9 Å². The maximum Gasteiger partial charge on any atom is 0.359 e. The van der Waals surface area contributed by atoms with Crippen LogP contribution in [0.2, 0.25) is 0 Å². The fourth-order valence-electron chi connectivity index (χ4n) is 2.86. The highest BCUT2D eigenvalue weighted by Crippen LogP contribution is 2.29. The minimum Gasteiger partial charge on any atom is -0.448 e. The molecule has 0 aromatic carbocycles. The van der Waals surface area contributed by atoms with Crippen LogP contribution in [-0.4, -0.2) is 34.0 Å². The van der Waals surface area contributed by atoms with E-state index in [2.05, 4.69) is 29.1 Å². The number of hydrogen-bond acceptors (Lipinski definition) is 5. The minimum absolute atomic E-state index is 0.106. The monoisotopic (exact) mass is 319 g/mol. The molecule has 1 aromatic heterocycles. The number of carbonyl (C=O) groups excluding carboxylic acids is 2. The number of nitrogens with one attached hydrogen (secondary N) is 1. The average Bonchev–Trinajstić information content (AvgIpc) is 2.52. The first-order valence-corrected chi connectivity index (χ1v) is 8.18. The Morgan fingerprint density at radius 2 is 2.00 bits per heavy atom. The van der Waals surface area contributed by atoms with Crippen LogP contribution in [0.4, 0.5) is 0 Å². The van der Waals surface area contributed by atoms with E-state index in [9.17, 15) is 9.59 Å². The van der Waals surface area contributed by atoms with Gasteiger partial charge in [-0.2, -0.15) is 0 Å². The molecule has 6 nitrogen and oxygen atoms in total. The van der Waals surface area contributed by atoms with E-state index in [1.165, 1.54) is 18.8 Å². The Kier molecular flexibility index (Phi) is 5.69. The fourth-order valence-corrected chi connectivity index (χ4v) is 2.86. The summed E-state index contributed by atoms with van der Waals surface area (Å²) in [5.74, 6) is 0.128. The van der Waals surface area contributed by atoms with E-state index in [1.807, 2.05) is 0 Å². The van der Waals surface area contributed by atoms with Gasteiger partial charge < -0.3 is 10.1 Å². The molecule has 0 spiro atoms. The summed E-state index contributed by atoms with van der Waals surface area (Å²) in [5, 5.41) is 3.01. The van der Waals surface area contributed by atoms with Crippen LogP contribution in [-0.2, 0) is 9.53 Å². The Morgan fingerprint density at radius 3 is 2.65 bits per heavy atom. The largest absolute Gasteiger partial charge is 0.448 e. The number of nitrogens with zero attached hydrogens (tertiary/aromatic N) is 2. The second kappa shape index (κ2) is 7.53. The molecule has 23 heavy (non-hydrogen) atoms. The van der Waals surface area contributed by atoms with Gasteiger partial charge in [-0.3, -0.25) is 9.78 Å². The maximum atomic E-state index is 12.3. The van der Waals surface area contributed by atoms with Crippen molar-refractivity contribution in [3.63, 3.8) is 0 Å². The van der Waals surface area contributed by atoms with Crippen molar-refractivity contribution in [3.8, 4) is 0 Å². The van der Waals surface area contributed by atoms with Crippen molar-refractivity contribution in [2.24, 2.45) is 11.8 Å². The van der Waals surface area contributed by atoms with Crippen LogP contribution < -0.4 is 5.32 Å². The number of carbonyl (C=O) groups is 2. The van der Waals surface area contributed by atoms with E-state index >= 15 is 0 Å². The first kappa shape index (κ1) is 17.4. The number of aryl methyl sites for hydroxylation is 1. The molecule has 0 bridgehead atoms. The molecule has 4 atom stereocenters. The summed E-state index contributed by atoms with van der Waals surface area (Å²) in [7, 11) is 0. The van der Waals surface area contributed by atoms with Crippen molar-refractivity contribution in [1.82, 2.24) is 15.3 Å². The average molecular weight is 319 g/mol. The van der Waals surface area contributed by atoms with Crippen LogP contribution in [0, 0.1) is 18.8 Å². The molecule has 6 heteroatoms. The minimum atomic E-state index is -0.852. The molecule has 1 N–H and O–H groups in total. The lowest BCUT2D eigenvalue weighted by Crippen LogP contribution is -2.47. The van der Waals surface area contributed by atoms with Crippen molar-refractivity contribution in [3.05, 3.63) is 23.8 Å². The Morgan fingerprint density at radius 1 is 1.26 bits per heavy atom. The fraction of sp³-hybridized carbons (Fsp3) is 0.647. The third kappa shape index (κ3) is 4.50. The molecular weight excluding hydrogens is 294 g/mol. The maximum absolute atomic E-state index is 12.3. The molecule has 0 radical (unpaired) electrons. The lowest BCUT2D eigenvalue weighted by atomic mass is 9.78. The molecule has 1 aliphatic rings. The Labute approximate surface area is 137 Å². The van der Waals surface area contributed by atoms with Crippen LogP contribution in [0.3, 0.4) is 0 Å². The van der Waals surface area contributed by atoms with Crippen molar-refractivity contribution in [1.29, 1.82) is 0 Å². The Balaban J connectivity index is 1.89. The molecule has 1 aliphatic carbocycles. The normalized spacial score (nSPS) is 25.5. The van der Waals surface area contributed by atoms with Crippen LogP contribution in [0.5, 0.6) is 0 Å². The van der Waals surface area contributed by atoms with Crippen molar-refractivity contribution in [2.75, 3.05) is 0 Å². The predicted octanol–water partition coefficient (Wildman–Crippen LogP) is 2.27. The van der Waals surface area contributed by atoms with E-state index < -0.39 is 12.1 Å². The zero-order valence-electron chi connectivity index (χ0n) is 14.2. The molecule has 1 fully saturated rings. The van der Waals surface area contributed by atoms with Gasteiger partial charge in [-0.15, -0.1) is 0 Å². The van der Waals surface area contributed by atoms with Crippen molar-refractivity contribution >= 4 is 11.9 Å². The van der Waals surface area contributed by atoms with Crippen LogP contribution in [0.15, 0.2) is 12.4 Å². The van der Waals surface area contributed by atoms with Gasteiger partial charge in [0.1, 0.15) is 0 Å². The van der Waals surface area contributed by atoms with Gasteiger partial charge >= 0.3 is 5.97 Å². The molecule has 2 rings (SSSR count). The quantitative estimate of drug-likeness (QED) is 0.861. The summed E-state index contributed by atoms with van der Waals surface area (Å²) < 4.78 is 5.19. The lowest BCUT2D eigenvalue weighted by molar-refractivity contribution is -0.130. The van der Waals surface area contributed by atoms with E-state index in [1.54, 1.807) is 13.8 Å². The number of ether oxygens (including phenoxy) is 1. The van der Waals surface area contributed by atoms with Gasteiger partial charge in [-0.05, 0) is 32.1 Å². The third-order valence-electron chi connectivity index (χ3n) is 4.68. The van der Waals surface area contributed by atoms with Gasteiger partial charge in [0, 0.05) is 12.2 Å². The predicted molar refractivity (Wildman–Crippen MR) is 85.8 cm³/mol. The molecular formula is C17H25N3O3. The molecule has 1 saturated carbocycles. The number of rotatable bonds is 4. The summed E-state index contributed by atoms with van der Waals surface area (Å²) >= 11 is 0. The summed E-state index contributed by atoms with van der Waals surface area (Å²) in [4.78, 5) is 32.2. The zero-order chi connectivity index (χ0) is 17.0. The van der Waals surface area contributed by atoms with Crippen LogP contribution >= 0.6 is 0 Å². The molecule has 126 valence electrons. The van der Waals surface area contributed by atoms with E-state index in [0.717, 1.165) is 12.8 Å². The zero-order valence-corrected chi connectivity index (χ0v) is 14.2. The van der Waals surface area contributed by atoms with Crippen molar-refractivity contribution < 1.29 is 14.3 Å². The number of amides is 1. The molecule has 0 aliphatic heterocycles. The van der Waals surface area contributed by atoms with Gasteiger partial charge in [-0.1, -0.05) is 26.7 Å². The van der Waals surface area contributed by atoms with Crippen molar-refractivity contribution in [2.45, 2.75) is 59.1 Å². The molecule has 4 unspecified atom stereocenters. The SMILES string of the molecule is Cc1cnc(C(=O)OC(C)C(=O)NC2CCCC(C)C2C)cn1. The van der Waals surface area contributed by atoms with E-state index in [0.29, 0.717) is 17.5 Å². The van der Waals surface area contributed by atoms with Crippen LogP contribution in [0.1, 0.15) is 56.2 Å². The lowest BCUT2D eigenvalue weighted by Gasteiger charge is -2.35. The molecule has 1 heterocycles. The van der Waals surface area contributed by atoms with Crippen LogP contribution in [0.25, 0.3) is 0 Å². The number of aromatic nitrogens is 2.